The van der Waals surface area contributed by atoms with Gasteiger partial charge in [-0.25, -0.2) is 4.79 Å². The lowest BCUT2D eigenvalue weighted by atomic mass is 10.1. The van der Waals surface area contributed by atoms with Gasteiger partial charge in [0, 0.05) is 17.6 Å². The summed E-state index contributed by atoms with van der Waals surface area (Å²) in [5, 5.41) is 5.68. The summed E-state index contributed by atoms with van der Waals surface area (Å²) in [6.45, 7) is 0.997. The highest BCUT2D eigenvalue weighted by Gasteiger charge is 2.06. The number of ether oxygens (including phenoxy) is 2. The minimum absolute atomic E-state index is 0.195. The second-order valence-electron chi connectivity index (χ2n) is 5.18. The molecule has 2 aromatic carbocycles. The van der Waals surface area contributed by atoms with Crippen LogP contribution in [0.1, 0.15) is 11.1 Å². The first kappa shape index (κ1) is 18.1. The van der Waals surface area contributed by atoms with Gasteiger partial charge in [0.2, 0.25) is 0 Å². The fraction of sp³-hybridized carbons (Fsp3) is 0.278. The Kier molecular flexibility index (Phi) is 6.93. The van der Waals surface area contributed by atoms with Crippen LogP contribution in [0.15, 0.2) is 46.9 Å². The normalized spacial score (nSPS) is 10.1. The maximum Gasteiger partial charge on any atom is 0.315 e. The van der Waals surface area contributed by atoms with Crippen LogP contribution in [-0.4, -0.2) is 26.8 Å². The number of hydrogen-bond donors (Lipinski definition) is 2. The van der Waals surface area contributed by atoms with Crippen LogP contribution in [0.25, 0.3) is 0 Å². The minimum atomic E-state index is -0.195. The molecular weight excluding hydrogens is 372 g/mol. The second-order valence-corrected chi connectivity index (χ2v) is 6.09. The van der Waals surface area contributed by atoms with Gasteiger partial charge in [-0.2, -0.15) is 0 Å². The SMILES string of the molecule is COc1ccc(CNC(=O)NCCc2cccc(Br)c2)cc1OC. The molecule has 0 aliphatic carbocycles. The first-order valence-electron chi connectivity index (χ1n) is 7.59. The summed E-state index contributed by atoms with van der Waals surface area (Å²) in [6.07, 6.45) is 0.781. The number of hydrogen-bond acceptors (Lipinski definition) is 3. The second kappa shape index (κ2) is 9.17. The van der Waals surface area contributed by atoms with Crippen LogP contribution in [0, 0.1) is 0 Å². The molecule has 0 unspecified atom stereocenters. The average Bonchev–Trinajstić information content (AvgIpc) is 2.59. The number of methoxy groups -OCH3 is 2. The van der Waals surface area contributed by atoms with Gasteiger partial charge in [0.05, 0.1) is 14.2 Å². The van der Waals surface area contributed by atoms with Crippen LogP contribution in [0.3, 0.4) is 0 Å². The maximum atomic E-state index is 11.9. The highest BCUT2D eigenvalue weighted by Crippen LogP contribution is 2.27. The van der Waals surface area contributed by atoms with E-state index in [-0.39, 0.29) is 6.03 Å². The van der Waals surface area contributed by atoms with E-state index in [2.05, 4.69) is 26.6 Å². The molecule has 2 rings (SSSR count). The van der Waals surface area contributed by atoms with Gasteiger partial charge in [-0.1, -0.05) is 34.1 Å². The third kappa shape index (κ3) is 5.45. The van der Waals surface area contributed by atoms with Crippen LogP contribution >= 0.6 is 15.9 Å². The molecule has 0 saturated heterocycles. The molecule has 128 valence electrons. The lowest BCUT2D eigenvalue weighted by Crippen LogP contribution is -2.36. The first-order chi connectivity index (χ1) is 11.6. The van der Waals surface area contributed by atoms with Crippen molar-refractivity contribution in [3.05, 3.63) is 58.1 Å². The van der Waals surface area contributed by atoms with Gasteiger partial charge in [0.15, 0.2) is 11.5 Å². The van der Waals surface area contributed by atoms with Gasteiger partial charge in [-0.05, 0) is 41.8 Å². The average molecular weight is 393 g/mol. The van der Waals surface area contributed by atoms with E-state index in [0.717, 1.165) is 16.5 Å². The van der Waals surface area contributed by atoms with Crippen LogP contribution in [0.5, 0.6) is 11.5 Å². The van der Waals surface area contributed by atoms with Crippen molar-refractivity contribution >= 4 is 22.0 Å². The fourth-order valence-corrected chi connectivity index (χ4v) is 2.69. The Labute approximate surface area is 150 Å². The van der Waals surface area contributed by atoms with Gasteiger partial charge in [0.25, 0.3) is 0 Å². The molecule has 0 radical (unpaired) electrons. The first-order valence-corrected chi connectivity index (χ1v) is 8.38. The monoisotopic (exact) mass is 392 g/mol. The van der Waals surface area contributed by atoms with Crippen molar-refractivity contribution in [2.45, 2.75) is 13.0 Å². The molecule has 5 nitrogen and oxygen atoms in total. The summed E-state index contributed by atoms with van der Waals surface area (Å²) in [5.74, 6) is 1.31. The molecule has 0 aromatic heterocycles. The Morgan fingerprint density at radius 2 is 1.79 bits per heavy atom. The van der Waals surface area contributed by atoms with Gasteiger partial charge < -0.3 is 20.1 Å². The summed E-state index contributed by atoms with van der Waals surface area (Å²) in [6, 6.07) is 13.4. The third-order valence-corrected chi connectivity index (χ3v) is 3.98. The molecule has 2 aromatic rings. The number of amides is 2. The molecule has 6 heteroatoms. The Bertz CT molecular complexity index is 692. The van der Waals surface area contributed by atoms with E-state index in [1.165, 1.54) is 5.56 Å². The van der Waals surface area contributed by atoms with Crippen LogP contribution in [0.4, 0.5) is 4.79 Å². The summed E-state index contributed by atoms with van der Waals surface area (Å²) in [5.41, 5.74) is 2.11. The van der Waals surface area contributed by atoms with E-state index in [9.17, 15) is 4.79 Å². The molecule has 0 aliphatic rings. The predicted octanol–water partition coefficient (Wildman–Crippen LogP) is 3.51. The highest BCUT2D eigenvalue weighted by molar-refractivity contribution is 9.10. The topological polar surface area (TPSA) is 59.6 Å². The van der Waals surface area contributed by atoms with E-state index < -0.39 is 0 Å². The molecule has 2 N–H and O–H groups in total. The largest absolute Gasteiger partial charge is 0.493 e. The Balaban J connectivity index is 1.77. The molecular formula is C18H21BrN2O3. The molecule has 0 fully saturated rings. The van der Waals surface area contributed by atoms with E-state index in [1.54, 1.807) is 14.2 Å². The van der Waals surface area contributed by atoms with E-state index in [4.69, 9.17) is 9.47 Å². The van der Waals surface area contributed by atoms with Crippen molar-refractivity contribution in [2.24, 2.45) is 0 Å². The molecule has 2 amide bonds. The smallest absolute Gasteiger partial charge is 0.315 e. The van der Waals surface area contributed by atoms with Crippen molar-refractivity contribution < 1.29 is 14.3 Å². The Morgan fingerprint density at radius 3 is 2.50 bits per heavy atom. The third-order valence-electron chi connectivity index (χ3n) is 3.49. The molecule has 0 spiro atoms. The van der Waals surface area contributed by atoms with Gasteiger partial charge in [0.1, 0.15) is 0 Å². The molecule has 0 saturated carbocycles. The van der Waals surface area contributed by atoms with Gasteiger partial charge in [-0.3, -0.25) is 0 Å². The van der Waals surface area contributed by atoms with Crippen LogP contribution < -0.4 is 20.1 Å². The highest BCUT2D eigenvalue weighted by atomic mass is 79.9. The number of benzene rings is 2. The fourth-order valence-electron chi connectivity index (χ4n) is 2.25. The zero-order valence-corrected chi connectivity index (χ0v) is 15.4. The molecule has 0 atom stereocenters. The minimum Gasteiger partial charge on any atom is -0.493 e. The maximum absolute atomic E-state index is 11.9. The predicted molar refractivity (Wildman–Crippen MR) is 97.6 cm³/mol. The molecule has 24 heavy (non-hydrogen) atoms. The van der Waals surface area contributed by atoms with Crippen LogP contribution in [0.2, 0.25) is 0 Å². The zero-order chi connectivity index (χ0) is 17.4. The zero-order valence-electron chi connectivity index (χ0n) is 13.8. The van der Waals surface area contributed by atoms with E-state index in [1.807, 2.05) is 42.5 Å². The Hall–Kier alpha value is -2.21. The van der Waals surface area contributed by atoms with Gasteiger partial charge in [-0.15, -0.1) is 0 Å². The summed E-state index contributed by atoms with van der Waals surface area (Å²) >= 11 is 3.44. The lowest BCUT2D eigenvalue weighted by Gasteiger charge is -2.11. The van der Waals surface area contributed by atoms with Gasteiger partial charge >= 0.3 is 6.03 Å². The number of urea groups is 1. The molecule has 0 heterocycles. The summed E-state index contributed by atoms with van der Waals surface area (Å²) in [4.78, 5) is 11.9. The van der Waals surface area contributed by atoms with E-state index >= 15 is 0 Å². The van der Waals surface area contributed by atoms with E-state index in [0.29, 0.717) is 24.6 Å². The number of halogens is 1. The summed E-state index contributed by atoms with van der Waals surface area (Å²) < 4.78 is 11.5. The molecule has 0 aliphatic heterocycles. The van der Waals surface area contributed by atoms with Crippen LogP contribution in [-0.2, 0) is 13.0 Å². The Morgan fingerprint density at radius 1 is 1.00 bits per heavy atom. The van der Waals surface area contributed by atoms with Crippen molar-refractivity contribution in [1.82, 2.24) is 10.6 Å². The number of rotatable bonds is 7. The van der Waals surface area contributed by atoms with Crippen molar-refractivity contribution in [2.75, 3.05) is 20.8 Å². The number of carbonyl (C=O) groups is 1. The standard InChI is InChI=1S/C18H21BrN2O3/c1-23-16-7-6-14(11-17(16)24-2)12-21-18(22)20-9-8-13-4-3-5-15(19)10-13/h3-7,10-11H,8-9,12H2,1-2H3,(H2,20,21,22). The summed E-state index contributed by atoms with van der Waals surface area (Å²) in [7, 11) is 3.18. The van der Waals surface area contributed by atoms with Crippen molar-refractivity contribution in [3.63, 3.8) is 0 Å². The van der Waals surface area contributed by atoms with Crippen molar-refractivity contribution in [3.8, 4) is 11.5 Å². The quantitative estimate of drug-likeness (QED) is 0.757. The lowest BCUT2D eigenvalue weighted by molar-refractivity contribution is 0.240. The van der Waals surface area contributed by atoms with Crippen molar-refractivity contribution in [1.29, 1.82) is 0 Å². The number of carbonyl (C=O) groups excluding carboxylic acids is 1. The molecule has 0 bridgehead atoms. The number of nitrogens with one attached hydrogen (secondary N) is 2.